The molecular weight excluding hydrogens is 727 g/mol. The number of hydroxylamine groups is 6. The fourth-order valence-electron chi connectivity index (χ4n) is 3.91. The van der Waals surface area contributed by atoms with E-state index in [9.17, 15) is 71.1 Å². The number of nitrogens with zero attached hydrogens (tertiary/aromatic N) is 8. The number of benzene rings is 2. The van der Waals surface area contributed by atoms with Gasteiger partial charge in [0.1, 0.15) is 0 Å². The Morgan fingerprint density at radius 2 is 0.760 bits per heavy atom. The zero-order chi connectivity index (χ0) is 39.0. The fraction of sp³-hybridized carbons (Fsp3) is 0.500. The molecule has 0 fully saturated rings. The fourth-order valence-corrected chi connectivity index (χ4v) is 4.53. The van der Waals surface area contributed by atoms with Crippen LogP contribution >= 0.6 is 23.2 Å². The molecule has 2 atom stereocenters. The number of hydrogen-bond donors (Lipinski definition) is 2. The largest absolute Gasteiger partial charge is 0.633 e. The van der Waals surface area contributed by atoms with E-state index in [1.54, 1.807) is 0 Å². The maximum atomic E-state index is 12.1. The molecular formula is C24H32Cl2N8O16. The van der Waals surface area contributed by atoms with Crippen molar-refractivity contribution in [3.63, 3.8) is 0 Å². The maximum absolute atomic E-state index is 12.1. The van der Waals surface area contributed by atoms with Gasteiger partial charge in [0.25, 0.3) is 22.9 Å². The number of alkyl halides is 2. The summed E-state index contributed by atoms with van der Waals surface area (Å²) in [6.45, 7) is 6.84. The Bertz CT molecular complexity index is 1380. The number of hydrogen-bond acceptors (Lipinski definition) is 16. The van der Waals surface area contributed by atoms with Gasteiger partial charge in [-0.3, -0.25) is 60.7 Å². The number of phenolic OH excluding ortho intramolecular Hbond substituents is 2. The van der Waals surface area contributed by atoms with Gasteiger partial charge < -0.3 is 29.9 Å². The van der Waals surface area contributed by atoms with E-state index in [1.165, 1.54) is 0 Å². The van der Waals surface area contributed by atoms with E-state index in [4.69, 9.17) is 33.4 Å². The van der Waals surface area contributed by atoms with Crippen LogP contribution in [0.5, 0.6) is 11.5 Å². The highest BCUT2D eigenvalue weighted by molar-refractivity contribution is 6.18. The minimum atomic E-state index is -1.21. The molecule has 0 heterocycles. The van der Waals surface area contributed by atoms with Crippen LogP contribution in [0, 0.1) is 71.1 Å². The molecule has 2 unspecified atom stereocenters. The molecule has 2 aromatic carbocycles. The van der Waals surface area contributed by atoms with Crippen molar-refractivity contribution >= 4 is 57.3 Å². The predicted octanol–water partition coefficient (Wildman–Crippen LogP) is 5.15. The molecule has 0 saturated carbocycles. The quantitative estimate of drug-likeness (QED) is 0.0692. The normalized spacial score (nSPS) is 12.8. The zero-order valence-corrected chi connectivity index (χ0v) is 27.8. The molecule has 0 amide bonds. The number of aromatic hydroxyl groups is 2. The van der Waals surface area contributed by atoms with E-state index in [1.807, 2.05) is 13.8 Å². The number of non-ortho nitro benzene ring substituents is 2. The van der Waals surface area contributed by atoms with Crippen LogP contribution in [0.25, 0.3) is 0 Å². The molecule has 0 aromatic heterocycles. The van der Waals surface area contributed by atoms with Gasteiger partial charge in [-0.05, 0) is 13.8 Å². The van der Waals surface area contributed by atoms with Gasteiger partial charge in [0.2, 0.25) is 0 Å². The summed E-state index contributed by atoms with van der Waals surface area (Å²) in [7, 11) is 0. The maximum Gasteiger partial charge on any atom is 0.324 e. The highest BCUT2D eigenvalue weighted by atomic mass is 35.5. The van der Waals surface area contributed by atoms with Crippen molar-refractivity contribution in [3.05, 3.63) is 95.4 Å². The second-order valence-electron chi connectivity index (χ2n) is 9.94. The lowest BCUT2D eigenvalue weighted by molar-refractivity contribution is -0.883. The topological polar surface area (TPSA) is 345 Å². The molecule has 50 heavy (non-hydrogen) atoms. The highest BCUT2D eigenvalue weighted by Gasteiger charge is 2.31. The number of phenols is 2. The van der Waals surface area contributed by atoms with E-state index in [0.717, 1.165) is 12.8 Å². The molecule has 0 spiro atoms. The molecule has 2 rings (SSSR count). The SMILES string of the molecule is CC[N+]([O-])(CCCl)CCCC[N+]([O-])(CC)CCCl.O=[N+]([O-])c1cc([N+](=O)[O-])c(O)c([N+](=O)[O-])c1.O=[N+]([O-])c1cc([N+](=O)[O-])c(O)c([N+](=O)[O-])c1. The van der Waals surface area contributed by atoms with Gasteiger partial charge in [0.05, 0.1) is 105 Å². The van der Waals surface area contributed by atoms with Gasteiger partial charge >= 0.3 is 22.7 Å². The smallest absolute Gasteiger partial charge is 0.324 e. The van der Waals surface area contributed by atoms with Crippen molar-refractivity contribution < 1.29 is 49.0 Å². The third kappa shape index (κ3) is 13.8. The number of halogens is 2. The lowest BCUT2D eigenvalue weighted by Gasteiger charge is -2.43. The Labute approximate surface area is 290 Å². The summed E-state index contributed by atoms with van der Waals surface area (Å²) in [4.78, 5) is 55.5. The van der Waals surface area contributed by atoms with Crippen molar-refractivity contribution in [2.24, 2.45) is 0 Å². The van der Waals surface area contributed by atoms with Crippen LogP contribution in [0.1, 0.15) is 26.7 Å². The van der Waals surface area contributed by atoms with Crippen molar-refractivity contribution in [2.45, 2.75) is 26.7 Å². The standard InChI is InChI=1S/C12H26Cl2N2O2.2C6H3N3O7/c1-3-15(17,11-7-13)9-5-6-10-16(18,4-2)12-8-14;2*10-6-4(8(13)14)1-3(7(11)12)2-5(6)9(15)16/h3-12H2,1-2H3;2*1-2,10H. The Morgan fingerprint density at radius 1 is 0.520 bits per heavy atom. The van der Waals surface area contributed by atoms with Gasteiger partial charge in [-0.2, -0.15) is 0 Å². The van der Waals surface area contributed by atoms with Gasteiger partial charge in [-0.1, -0.05) is 0 Å². The first-order chi connectivity index (χ1) is 23.1. The summed E-state index contributed by atoms with van der Waals surface area (Å²) in [6, 6.07) is 1.79. The summed E-state index contributed by atoms with van der Waals surface area (Å²) < 4.78 is -0.492. The lowest BCUT2D eigenvalue weighted by atomic mass is 10.2. The molecule has 0 radical (unpaired) electrons. The van der Waals surface area contributed by atoms with Crippen LogP contribution < -0.4 is 0 Å². The Balaban J connectivity index is 0.000000721. The Hall–Kier alpha value is -5.14. The summed E-state index contributed by atoms with van der Waals surface area (Å²) in [5, 5.41) is 105. The second-order valence-corrected chi connectivity index (χ2v) is 10.7. The van der Waals surface area contributed by atoms with Crippen LogP contribution in [0.4, 0.5) is 34.1 Å². The highest BCUT2D eigenvalue weighted by Crippen LogP contribution is 2.40. The number of nitro groups is 6. The number of rotatable bonds is 17. The van der Waals surface area contributed by atoms with E-state index < -0.39 is 75.2 Å². The monoisotopic (exact) mass is 758 g/mol. The first kappa shape index (κ1) is 44.9. The molecule has 0 aliphatic heterocycles. The molecule has 26 heteroatoms. The van der Waals surface area contributed by atoms with Crippen molar-refractivity contribution in [1.29, 1.82) is 0 Å². The molecule has 0 saturated heterocycles. The Morgan fingerprint density at radius 3 is 0.920 bits per heavy atom. The predicted molar refractivity (Wildman–Crippen MR) is 175 cm³/mol. The van der Waals surface area contributed by atoms with E-state index in [-0.39, 0.29) is 9.29 Å². The van der Waals surface area contributed by atoms with Crippen molar-refractivity contribution in [3.8, 4) is 11.5 Å². The lowest BCUT2D eigenvalue weighted by Crippen LogP contribution is -2.46. The van der Waals surface area contributed by atoms with Crippen molar-refractivity contribution in [2.75, 3.05) is 51.0 Å². The third-order valence-electron chi connectivity index (χ3n) is 6.84. The van der Waals surface area contributed by atoms with Gasteiger partial charge in [0.15, 0.2) is 0 Å². The van der Waals surface area contributed by atoms with Crippen LogP contribution in [0.2, 0.25) is 0 Å². The van der Waals surface area contributed by atoms with Crippen LogP contribution in [0.15, 0.2) is 24.3 Å². The molecule has 0 bridgehead atoms. The molecule has 0 aliphatic rings. The molecule has 2 aromatic rings. The van der Waals surface area contributed by atoms with E-state index >= 15 is 0 Å². The van der Waals surface area contributed by atoms with Crippen LogP contribution in [-0.4, -0.2) is 100 Å². The molecule has 2 N–H and O–H groups in total. The average molecular weight is 759 g/mol. The molecule has 0 aliphatic carbocycles. The van der Waals surface area contributed by atoms with E-state index in [0.29, 0.717) is 75.3 Å². The third-order valence-corrected chi connectivity index (χ3v) is 7.17. The molecule has 24 nitrogen and oxygen atoms in total. The summed E-state index contributed by atoms with van der Waals surface area (Å²) >= 11 is 11.3. The number of quaternary nitrogens is 2. The first-order valence-corrected chi connectivity index (χ1v) is 15.1. The Kier molecular flexibility index (Phi) is 18.3. The first-order valence-electron chi connectivity index (χ1n) is 14.0. The van der Waals surface area contributed by atoms with E-state index in [2.05, 4.69) is 0 Å². The van der Waals surface area contributed by atoms with Gasteiger partial charge in [-0.15, -0.1) is 23.2 Å². The summed E-state index contributed by atoms with van der Waals surface area (Å²) in [5.41, 5.74) is -6.00. The number of nitro benzene ring substituents is 6. The van der Waals surface area contributed by atoms with Gasteiger partial charge in [0, 0.05) is 12.8 Å². The molecule has 278 valence electrons. The second kappa shape index (κ2) is 20.4. The van der Waals surface area contributed by atoms with Crippen molar-refractivity contribution in [1.82, 2.24) is 0 Å². The van der Waals surface area contributed by atoms with Crippen LogP contribution in [0.3, 0.4) is 0 Å². The van der Waals surface area contributed by atoms with Crippen LogP contribution in [-0.2, 0) is 0 Å². The number of unbranched alkanes of at least 4 members (excludes halogenated alkanes) is 1. The zero-order valence-electron chi connectivity index (χ0n) is 26.3. The summed E-state index contributed by atoms with van der Waals surface area (Å²) in [5.74, 6) is -1.64. The summed E-state index contributed by atoms with van der Waals surface area (Å²) in [6.07, 6.45) is 1.55. The average Bonchev–Trinajstić information content (AvgIpc) is 3.03. The minimum absolute atomic E-state index is 0.246. The minimum Gasteiger partial charge on any atom is -0.633 e. The van der Waals surface area contributed by atoms with Gasteiger partial charge in [-0.25, -0.2) is 0 Å².